The van der Waals surface area contributed by atoms with Crippen LogP contribution in [-0.2, 0) is 5.60 Å². The molecular formula is C10H12BrFO. The van der Waals surface area contributed by atoms with Crippen molar-refractivity contribution in [1.29, 1.82) is 0 Å². The lowest BCUT2D eigenvalue weighted by Gasteiger charge is -2.19. The lowest BCUT2D eigenvalue weighted by molar-refractivity contribution is 0.0743. The fraction of sp³-hybridized carbons (Fsp3) is 0.400. The van der Waals surface area contributed by atoms with Crippen LogP contribution in [0.15, 0.2) is 16.6 Å². The van der Waals surface area contributed by atoms with Crippen LogP contribution in [0.4, 0.5) is 4.39 Å². The Bertz CT molecular complexity index is 328. The van der Waals surface area contributed by atoms with E-state index in [2.05, 4.69) is 15.9 Å². The van der Waals surface area contributed by atoms with Crippen LogP contribution in [0.5, 0.6) is 0 Å². The Kier molecular flexibility index (Phi) is 2.78. The molecule has 0 aromatic heterocycles. The van der Waals surface area contributed by atoms with Crippen LogP contribution in [0, 0.1) is 12.7 Å². The van der Waals surface area contributed by atoms with E-state index in [0.29, 0.717) is 11.1 Å². The highest BCUT2D eigenvalue weighted by Crippen LogP contribution is 2.28. The van der Waals surface area contributed by atoms with Gasteiger partial charge in [-0.05, 0) is 38.5 Å². The molecule has 0 saturated carbocycles. The van der Waals surface area contributed by atoms with Crippen LogP contribution in [0.25, 0.3) is 0 Å². The summed E-state index contributed by atoms with van der Waals surface area (Å²) in [5.41, 5.74) is -0.288. The van der Waals surface area contributed by atoms with Gasteiger partial charge in [0.1, 0.15) is 5.82 Å². The zero-order valence-corrected chi connectivity index (χ0v) is 9.44. The molecule has 1 rings (SSSR count). The molecule has 0 aliphatic carbocycles. The third-order valence-corrected chi connectivity index (χ3v) is 2.34. The topological polar surface area (TPSA) is 20.2 Å². The lowest BCUT2D eigenvalue weighted by Crippen LogP contribution is -2.18. The smallest absolute Gasteiger partial charge is 0.132 e. The first kappa shape index (κ1) is 10.7. The molecule has 1 nitrogen and oxygen atoms in total. The molecule has 0 atom stereocenters. The van der Waals surface area contributed by atoms with Crippen molar-refractivity contribution in [2.75, 3.05) is 0 Å². The molecule has 0 aliphatic rings. The predicted octanol–water partition coefficient (Wildman–Crippen LogP) is 3.12. The van der Waals surface area contributed by atoms with Gasteiger partial charge in [-0.2, -0.15) is 0 Å². The molecule has 0 bridgehead atoms. The second-order valence-electron chi connectivity index (χ2n) is 3.64. The average Bonchev–Trinajstić information content (AvgIpc) is 1.94. The van der Waals surface area contributed by atoms with Crippen molar-refractivity contribution in [2.45, 2.75) is 26.4 Å². The van der Waals surface area contributed by atoms with Crippen LogP contribution in [0.3, 0.4) is 0 Å². The van der Waals surface area contributed by atoms with Crippen molar-refractivity contribution < 1.29 is 9.50 Å². The van der Waals surface area contributed by atoms with Gasteiger partial charge in [0.2, 0.25) is 0 Å². The number of aliphatic hydroxyl groups is 1. The van der Waals surface area contributed by atoms with Crippen molar-refractivity contribution in [3.63, 3.8) is 0 Å². The molecule has 0 amide bonds. The number of hydrogen-bond acceptors (Lipinski definition) is 1. The maximum absolute atomic E-state index is 13.5. The number of halogens is 2. The van der Waals surface area contributed by atoms with E-state index in [1.165, 1.54) is 0 Å². The maximum atomic E-state index is 13.5. The van der Waals surface area contributed by atoms with Crippen molar-refractivity contribution in [2.24, 2.45) is 0 Å². The van der Waals surface area contributed by atoms with E-state index in [1.54, 1.807) is 32.9 Å². The zero-order chi connectivity index (χ0) is 10.2. The number of benzene rings is 1. The van der Waals surface area contributed by atoms with Gasteiger partial charge in [0.15, 0.2) is 0 Å². The standard InChI is InChI=1S/C10H12BrFO/c1-6-4-7(11)5-8(9(6)12)10(2,3)13/h4-5,13H,1-3H3. The highest BCUT2D eigenvalue weighted by atomic mass is 79.9. The second-order valence-corrected chi connectivity index (χ2v) is 4.56. The van der Waals surface area contributed by atoms with Gasteiger partial charge in [-0.1, -0.05) is 15.9 Å². The molecule has 72 valence electrons. The van der Waals surface area contributed by atoms with Gasteiger partial charge < -0.3 is 5.11 Å². The van der Waals surface area contributed by atoms with E-state index in [1.807, 2.05) is 0 Å². The van der Waals surface area contributed by atoms with E-state index in [0.717, 1.165) is 4.47 Å². The van der Waals surface area contributed by atoms with E-state index in [4.69, 9.17) is 0 Å². The summed E-state index contributed by atoms with van der Waals surface area (Å²) in [7, 11) is 0. The number of hydrogen-bond donors (Lipinski definition) is 1. The summed E-state index contributed by atoms with van der Waals surface area (Å²) in [5.74, 6) is -0.337. The van der Waals surface area contributed by atoms with Crippen LogP contribution < -0.4 is 0 Å². The largest absolute Gasteiger partial charge is 0.386 e. The third kappa shape index (κ3) is 2.29. The average molecular weight is 247 g/mol. The molecule has 1 aromatic rings. The van der Waals surface area contributed by atoms with Gasteiger partial charge in [-0.3, -0.25) is 0 Å². The van der Waals surface area contributed by atoms with Gasteiger partial charge in [0, 0.05) is 10.0 Å². The van der Waals surface area contributed by atoms with E-state index < -0.39 is 5.60 Å². The second kappa shape index (κ2) is 3.39. The molecule has 0 unspecified atom stereocenters. The zero-order valence-electron chi connectivity index (χ0n) is 7.86. The molecule has 0 heterocycles. The molecule has 13 heavy (non-hydrogen) atoms. The summed E-state index contributed by atoms with van der Waals surface area (Å²) in [5, 5.41) is 9.66. The molecule has 0 saturated heterocycles. The summed E-state index contributed by atoms with van der Waals surface area (Å²) < 4.78 is 14.3. The first-order valence-electron chi connectivity index (χ1n) is 4.01. The number of rotatable bonds is 1. The maximum Gasteiger partial charge on any atom is 0.132 e. The van der Waals surface area contributed by atoms with Crippen molar-refractivity contribution in [1.82, 2.24) is 0 Å². The highest BCUT2D eigenvalue weighted by Gasteiger charge is 2.21. The first-order valence-corrected chi connectivity index (χ1v) is 4.80. The summed E-state index contributed by atoms with van der Waals surface area (Å²) >= 11 is 3.26. The molecule has 0 spiro atoms. The van der Waals surface area contributed by atoms with Crippen molar-refractivity contribution >= 4 is 15.9 Å². The lowest BCUT2D eigenvalue weighted by atomic mass is 9.96. The molecular weight excluding hydrogens is 235 g/mol. The Hall–Kier alpha value is -0.410. The van der Waals surface area contributed by atoms with Gasteiger partial charge in [0.05, 0.1) is 5.60 Å². The van der Waals surface area contributed by atoms with E-state index >= 15 is 0 Å². The van der Waals surface area contributed by atoms with Gasteiger partial charge in [-0.15, -0.1) is 0 Å². The van der Waals surface area contributed by atoms with Crippen LogP contribution in [0.2, 0.25) is 0 Å². The Morgan fingerprint density at radius 1 is 1.38 bits per heavy atom. The third-order valence-electron chi connectivity index (χ3n) is 1.88. The summed E-state index contributed by atoms with van der Waals surface area (Å²) in [6, 6.07) is 3.28. The molecule has 1 aromatic carbocycles. The minimum atomic E-state index is -1.14. The van der Waals surface area contributed by atoms with Gasteiger partial charge in [-0.25, -0.2) is 4.39 Å². The van der Waals surface area contributed by atoms with Crippen LogP contribution >= 0.6 is 15.9 Å². The SMILES string of the molecule is Cc1cc(Br)cc(C(C)(C)O)c1F. The molecule has 0 aliphatic heterocycles. The molecule has 0 fully saturated rings. The van der Waals surface area contributed by atoms with E-state index in [9.17, 15) is 9.50 Å². The Labute approximate surface area is 85.7 Å². The Morgan fingerprint density at radius 2 is 1.92 bits per heavy atom. The quantitative estimate of drug-likeness (QED) is 0.808. The minimum Gasteiger partial charge on any atom is -0.386 e. The van der Waals surface area contributed by atoms with Crippen LogP contribution in [-0.4, -0.2) is 5.11 Å². The van der Waals surface area contributed by atoms with Crippen molar-refractivity contribution in [3.8, 4) is 0 Å². The summed E-state index contributed by atoms with van der Waals surface area (Å²) in [6.07, 6.45) is 0. The molecule has 3 heteroatoms. The molecule has 1 N–H and O–H groups in total. The summed E-state index contributed by atoms with van der Waals surface area (Å²) in [6.45, 7) is 4.81. The fourth-order valence-corrected chi connectivity index (χ4v) is 1.74. The van der Waals surface area contributed by atoms with Gasteiger partial charge >= 0.3 is 0 Å². The minimum absolute atomic E-state index is 0.319. The summed E-state index contributed by atoms with van der Waals surface area (Å²) in [4.78, 5) is 0. The van der Waals surface area contributed by atoms with Gasteiger partial charge in [0.25, 0.3) is 0 Å². The fourth-order valence-electron chi connectivity index (χ4n) is 1.17. The van der Waals surface area contributed by atoms with Crippen LogP contribution in [0.1, 0.15) is 25.0 Å². The Morgan fingerprint density at radius 3 is 2.38 bits per heavy atom. The normalized spacial score (nSPS) is 11.8. The predicted molar refractivity (Wildman–Crippen MR) is 54.1 cm³/mol. The number of aryl methyl sites for hydroxylation is 1. The van der Waals surface area contributed by atoms with E-state index in [-0.39, 0.29) is 5.82 Å². The highest BCUT2D eigenvalue weighted by molar-refractivity contribution is 9.10. The van der Waals surface area contributed by atoms with Crippen molar-refractivity contribution in [3.05, 3.63) is 33.5 Å². The molecule has 0 radical (unpaired) electrons. The first-order chi connectivity index (χ1) is 5.82. The monoisotopic (exact) mass is 246 g/mol. The Balaban J connectivity index is 3.37.